The third kappa shape index (κ3) is 3.08. The van der Waals surface area contributed by atoms with Crippen LogP contribution in [0.4, 0.5) is 0 Å². The van der Waals surface area contributed by atoms with Crippen molar-refractivity contribution in [1.29, 1.82) is 0 Å². The number of allylic oxidation sites excluding steroid dienone is 2. The number of hydrogen-bond acceptors (Lipinski definition) is 9. The predicted octanol–water partition coefficient (Wildman–Crippen LogP) is 1.94. The molecule has 1 aliphatic heterocycles. The van der Waals surface area contributed by atoms with E-state index in [0.717, 1.165) is 0 Å². The zero-order chi connectivity index (χ0) is 25.4. The molecule has 0 spiro atoms. The van der Waals surface area contributed by atoms with Gasteiger partial charge in [0, 0.05) is 36.5 Å². The van der Waals surface area contributed by atoms with E-state index in [4.69, 9.17) is 18.9 Å². The van der Waals surface area contributed by atoms with Gasteiger partial charge in [0.05, 0.1) is 19.6 Å². The number of rotatable bonds is 3. The van der Waals surface area contributed by atoms with Gasteiger partial charge in [-0.15, -0.1) is 0 Å². The maximum Gasteiger partial charge on any atom is 0.306 e. The molecule has 0 aromatic carbocycles. The van der Waals surface area contributed by atoms with Crippen LogP contribution in [0.2, 0.25) is 0 Å². The van der Waals surface area contributed by atoms with Crippen molar-refractivity contribution in [3.05, 3.63) is 11.8 Å². The van der Waals surface area contributed by atoms with Gasteiger partial charge in [0.2, 0.25) is 5.78 Å². The number of carbonyl (C=O) groups excluding carboxylic acids is 4. The molecule has 9 nitrogen and oxygen atoms in total. The molecule has 34 heavy (non-hydrogen) atoms. The molecule has 1 saturated heterocycles. The minimum atomic E-state index is -1.51. The maximum absolute atomic E-state index is 13.8. The van der Waals surface area contributed by atoms with Crippen molar-refractivity contribution in [2.75, 3.05) is 7.11 Å². The summed E-state index contributed by atoms with van der Waals surface area (Å²) in [6.07, 6.45) is -1.17. The van der Waals surface area contributed by atoms with Crippen molar-refractivity contribution in [2.45, 2.75) is 78.3 Å². The van der Waals surface area contributed by atoms with E-state index in [1.54, 1.807) is 13.0 Å². The van der Waals surface area contributed by atoms with E-state index in [1.165, 1.54) is 21.0 Å². The Bertz CT molecular complexity index is 971. The molecule has 0 unspecified atom stereocenters. The number of Topliss-reactive ketones (excluding diaryl/α,β-unsaturated/α-hetero) is 1. The second-order valence-corrected chi connectivity index (χ2v) is 10.9. The Morgan fingerprint density at radius 1 is 1.15 bits per heavy atom. The molecule has 1 N–H and O–H groups in total. The number of aliphatic hydroxyl groups is 1. The first kappa shape index (κ1) is 24.7. The Kier molecular flexibility index (Phi) is 5.66. The Morgan fingerprint density at radius 2 is 1.79 bits per heavy atom. The first-order valence-electron chi connectivity index (χ1n) is 11.8. The molecule has 2 saturated carbocycles. The Labute approximate surface area is 199 Å². The molecule has 4 aliphatic rings. The van der Waals surface area contributed by atoms with Crippen LogP contribution in [0, 0.1) is 34.5 Å². The van der Waals surface area contributed by atoms with Crippen LogP contribution in [0.15, 0.2) is 11.8 Å². The van der Waals surface area contributed by atoms with Crippen LogP contribution < -0.4 is 0 Å². The monoisotopic (exact) mass is 478 g/mol. The Hall–Kier alpha value is -2.42. The predicted molar refractivity (Wildman–Crippen MR) is 117 cm³/mol. The fourth-order valence-corrected chi connectivity index (χ4v) is 8.00. The second kappa shape index (κ2) is 7.80. The molecule has 0 aromatic heterocycles. The van der Waals surface area contributed by atoms with Crippen LogP contribution in [0.3, 0.4) is 0 Å². The van der Waals surface area contributed by atoms with E-state index in [0.29, 0.717) is 6.42 Å². The Balaban J connectivity index is 1.98. The van der Waals surface area contributed by atoms with E-state index in [9.17, 15) is 24.3 Å². The summed E-state index contributed by atoms with van der Waals surface area (Å²) < 4.78 is 22.7. The second-order valence-electron chi connectivity index (χ2n) is 10.9. The number of ketones is 1. The van der Waals surface area contributed by atoms with Crippen LogP contribution in [-0.2, 0) is 38.1 Å². The van der Waals surface area contributed by atoms with Crippen molar-refractivity contribution in [3.63, 3.8) is 0 Å². The van der Waals surface area contributed by atoms with E-state index in [1.807, 2.05) is 20.8 Å². The van der Waals surface area contributed by atoms with Gasteiger partial charge >= 0.3 is 17.9 Å². The molecule has 10 atom stereocenters. The molecule has 4 rings (SSSR count). The summed E-state index contributed by atoms with van der Waals surface area (Å²) in [5, 5.41) is 11.9. The highest BCUT2D eigenvalue weighted by Crippen LogP contribution is 2.69. The van der Waals surface area contributed by atoms with Crippen molar-refractivity contribution >= 4 is 23.7 Å². The fraction of sp³-hybridized carbons (Fsp3) is 0.760. The van der Waals surface area contributed by atoms with Gasteiger partial charge in [0.25, 0.3) is 0 Å². The summed E-state index contributed by atoms with van der Waals surface area (Å²) in [5.74, 6) is -3.53. The molecule has 3 fully saturated rings. The lowest BCUT2D eigenvalue weighted by Crippen LogP contribution is -2.78. The van der Waals surface area contributed by atoms with Crippen molar-refractivity contribution < 1.29 is 43.2 Å². The smallest absolute Gasteiger partial charge is 0.306 e. The molecular weight excluding hydrogens is 444 g/mol. The van der Waals surface area contributed by atoms with Gasteiger partial charge in [-0.3, -0.25) is 19.2 Å². The number of ether oxygens (including phenoxy) is 4. The number of carbonyl (C=O) groups is 4. The normalized spacial score (nSPS) is 47.4. The molecule has 9 heteroatoms. The molecule has 1 heterocycles. The van der Waals surface area contributed by atoms with Gasteiger partial charge in [0.1, 0.15) is 6.10 Å². The molecule has 0 bridgehead atoms. The lowest BCUT2D eigenvalue weighted by Gasteiger charge is -2.69. The van der Waals surface area contributed by atoms with Crippen LogP contribution >= 0.6 is 0 Å². The molecule has 3 aliphatic carbocycles. The average Bonchev–Trinajstić information content (AvgIpc) is 2.72. The minimum Gasteiger partial charge on any atom is -0.493 e. The van der Waals surface area contributed by atoms with Gasteiger partial charge in [-0.05, 0) is 31.3 Å². The summed E-state index contributed by atoms with van der Waals surface area (Å²) in [5.41, 5.74) is -3.54. The number of esters is 3. The van der Waals surface area contributed by atoms with Gasteiger partial charge in [-0.1, -0.05) is 20.8 Å². The van der Waals surface area contributed by atoms with E-state index < -0.39 is 64.5 Å². The van der Waals surface area contributed by atoms with Gasteiger partial charge in [-0.2, -0.15) is 0 Å². The van der Waals surface area contributed by atoms with Crippen molar-refractivity contribution in [1.82, 2.24) is 0 Å². The number of hydrogen-bond donors (Lipinski definition) is 1. The number of aliphatic hydroxyl groups excluding tert-OH is 1. The summed E-state index contributed by atoms with van der Waals surface area (Å²) >= 11 is 0. The van der Waals surface area contributed by atoms with Gasteiger partial charge in [-0.25, -0.2) is 0 Å². The zero-order valence-electron chi connectivity index (χ0n) is 20.7. The summed E-state index contributed by atoms with van der Waals surface area (Å²) in [7, 11) is 1.44. The fourth-order valence-electron chi connectivity index (χ4n) is 8.00. The third-order valence-electron chi connectivity index (χ3n) is 9.19. The SMILES string of the molecule is COC1=C[C@@H](C)[C@@H]2C[C@H]3OC(=O)C[C@H]4[C@](C)(OC(C)=O)[C@H](OC(C)=O)[C@@H](O)[C@H]([C@@]2(C)C1=O)[C@@]34C. The van der Waals surface area contributed by atoms with E-state index in [-0.39, 0.29) is 29.8 Å². The minimum absolute atomic E-state index is 0.0950. The van der Waals surface area contributed by atoms with Crippen LogP contribution in [0.5, 0.6) is 0 Å². The van der Waals surface area contributed by atoms with Crippen LogP contribution in [0.1, 0.15) is 54.4 Å². The first-order valence-corrected chi connectivity index (χ1v) is 11.8. The maximum atomic E-state index is 13.8. The lowest BCUT2D eigenvalue weighted by molar-refractivity contribution is -0.316. The molecule has 0 amide bonds. The van der Waals surface area contributed by atoms with Crippen LogP contribution in [0.25, 0.3) is 0 Å². The first-order chi connectivity index (χ1) is 15.7. The van der Waals surface area contributed by atoms with Crippen molar-refractivity contribution in [3.8, 4) is 0 Å². The quantitative estimate of drug-likeness (QED) is 0.478. The highest BCUT2D eigenvalue weighted by molar-refractivity contribution is 5.99. The topological polar surface area (TPSA) is 125 Å². The molecule has 0 aromatic rings. The van der Waals surface area contributed by atoms with Gasteiger partial charge < -0.3 is 24.1 Å². The largest absolute Gasteiger partial charge is 0.493 e. The zero-order valence-corrected chi connectivity index (χ0v) is 20.7. The molecular formula is C25H34O9. The van der Waals surface area contributed by atoms with E-state index in [2.05, 4.69) is 0 Å². The average molecular weight is 479 g/mol. The summed E-state index contributed by atoms with van der Waals surface area (Å²) in [6, 6.07) is 0. The standard InChI is InChI=1S/C25H34O9/c1-11-8-15(31-7)21(30)23(4)14(11)9-17-24(5)16(10-18(28)33-17)25(6,34-13(3)27)22(32-12(2)26)19(29)20(23)24/h8,11,14,16-17,19-20,22,29H,9-10H2,1-7H3/t11-,14+,16-,17-,19+,20-,22-,23+,24-,25+/m1/s1. The summed E-state index contributed by atoms with van der Waals surface area (Å²) in [6.45, 7) is 9.71. The Morgan fingerprint density at radius 3 is 2.35 bits per heavy atom. The number of fused-ring (bicyclic) bond motifs is 2. The van der Waals surface area contributed by atoms with Crippen LogP contribution in [-0.4, -0.2) is 59.8 Å². The molecule has 188 valence electrons. The van der Waals surface area contributed by atoms with E-state index >= 15 is 0 Å². The summed E-state index contributed by atoms with van der Waals surface area (Å²) in [4.78, 5) is 51.0. The number of methoxy groups -OCH3 is 1. The molecule has 0 radical (unpaired) electrons. The van der Waals surface area contributed by atoms with Crippen molar-refractivity contribution in [2.24, 2.45) is 34.5 Å². The highest BCUT2D eigenvalue weighted by atomic mass is 16.6. The van der Waals surface area contributed by atoms with Gasteiger partial charge in [0.15, 0.2) is 17.5 Å². The third-order valence-corrected chi connectivity index (χ3v) is 9.19. The highest BCUT2D eigenvalue weighted by Gasteiger charge is 2.77. The lowest BCUT2D eigenvalue weighted by atomic mass is 9.37.